The number of aromatic hydroxyl groups is 1. The number of hydrogen-bond acceptors (Lipinski definition) is 3. The largest absolute Gasteiger partial charge is 0.491 e. The van der Waals surface area contributed by atoms with Crippen molar-refractivity contribution in [3.05, 3.63) is 11.8 Å². The molecule has 1 heterocycles. The summed E-state index contributed by atoms with van der Waals surface area (Å²) in [6, 6.07) is 0. The Morgan fingerprint density at radius 1 is 1.78 bits per heavy atom. The second kappa shape index (κ2) is 2.53. The molecular weight excluding hydrogens is 118 g/mol. The molecule has 9 heavy (non-hydrogen) atoms. The van der Waals surface area contributed by atoms with Gasteiger partial charge in [0.25, 0.3) is 5.88 Å². The predicted octanol–water partition coefficient (Wildman–Crippen LogP) is 1.33. The van der Waals surface area contributed by atoms with E-state index in [1.165, 1.54) is 6.26 Å². The van der Waals surface area contributed by atoms with E-state index >= 15 is 0 Å². The molecule has 0 aliphatic rings. The Labute approximate surface area is 53.3 Å². The molecule has 0 spiro atoms. The van der Waals surface area contributed by atoms with Gasteiger partial charge in [-0.05, 0) is 11.6 Å². The third-order valence-corrected chi connectivity index (χ3v) is 1.14. The highest BCUT2D eigenvalue weighted by Gasteiger charge is 2.01. The van der Waals surface area contributed by atoms with Crippen LogP contribution in [0.2, 0.25) is 0 Å². The summed E-state index contributed by atoms with van der Waals surface area (Å²) in [7, 11) is 0. The van der Waals surface area contributed by atoms with E-state index in [1.54, 1.807) is 0 Å². The minimum atomic E-state index is 0.0249. The van der Waals surface area contributed by atoms with Crippen LogP contribution in [0.15, 0.2) is 10.8 Å². The number of nitrogens with zero attached hydrogens (tertiary/aromatic N) is 1. The van der Waals surface area contributed by atoms with Gasteiger partial charge in [0, 0.05) is 0 Å². The summed E-state index contributed by atoms with van der Waals surface area (Å²) in [5.74, 6) is 0.0249. The molecule has 0 radical (unpaired) electrons. The maximum absolute atomic E-state index is 8.88. The van der Waals surface area contributed by atoms with Crippen LogP contribution in [-0.4, -0.2) is 10.3 Å². The number of aryl methyl sites for hydroxylation is 1. The molecule has 1 aromatic rings. The van der Waals surface area contributed by atoms with Crippen LogP contribution in [0, 0.1) is 0 Å². The van der Waals surface area contributed by atoms with Crippen LogP contribution in [0.4, 0.5) is 0 Å². The van der Waals surface area contributed by atoms with Crippen LogP contribution in [0.25, 0.3) is 0 Å². The summed E-state index contributed by atoms with van der Waals surface area (Å²) in [6.07, 6.45) is 3.29. The zero-order valence-corrected chi connectivity index (χ0v) is 5.29. The average Bonchev–Trinajstić information content (AvgIpc) is 2.18. The molecule has 50 valence electrons. The first kappa shape index (κ1) is 6.13. The predicted molar refractivity (Wildman–Crippen MR) is 32.2 cm³/mol. The first-order valence-corrected chi connectivity index (χ1v) is 2.96. The van der Waals surface area contributed by atoms with Crippen molar-refractivity contribution in [2.24, 2.45) is 0 Å². The summed E-state index contributed by atoms with van der Waals surface area (Å²) >= 11 is 0. The monoisotopic (exact) mass is 127 g/mol. The molecule has 0 aromatic carbocycles. The van der Waals surface area contributed by atoms with Crippen LogP contribution >= 0.6 is 0 Å². The maximum atomic E-state index is 8.88. The molecule has 0 unspecified atom stereocenters. The Hall–Kier alpha value is -0.990. The number of aromatic nitrogens is 1. The van der Waals surface area contributed by atoms with Crippen molar-refractivity contribution >= 4 is 0 Å². The van der Waals surface area contributed by atoms with Crippen LogP contribution < -0.4 is 0 Å². The lowest BCUT2D eigenvalue weighted by Crippen LogP contribution is -1.77. The van der Waals surface area contributed by atoms with E-state index in [4.69, 9.17) is 5.11 Å². The fourth-order valence-electron chi connectivity index (χ4n) is 0.691. The zero-order chi connectivity index (χ0) is 6.69. The molecule has 3 nitrogen and oxygen atoms in total. The van der Waals surface area contributed by atoms with Gasteiger partial charge in [-0.3, -0.25) is 0 Å². The van der Waals surface area contributed by atoms with Crippen molar-refractivity contribution < 1.29 is 9.63 Å². The quantitative estimate of drug-likeness (QED) is 0.651. The smallest absolute Gasteiger partial charge is 0.254 e. The summed E-state index contributed by atoms with van der Waals surface area (Å²) in [6.45, 7) is 2.03. The van der Waals surface area contributed by atoms with E-state index < -0.39 is 0 Å². The first-order valence-electron chi connectivity index (χ1n) is 2.96. The second-order valence-electron chi connectivity index (χ2n) is 1.91. The van der Waals surface area contributed by atoms with Crippen molar-refractivity contribution in [2.45, 2.75) is 19.8 Å². The minimum Gasteiger partial charge on any atom is -0.491 e. The summed E-state index contributed by atoms with van der Waals surface area (Å²) in [5, 5.41) is 12.2. The van der Waals surface area contributed by atoms with Crippen LogP contribution in [0.1, 0.15) is 18.9 Å². The maximum Gasteiger partial charge on any atom is 0.254 e. The fraction of sp³-hybridized carbons (Fsp3) is 0.500. The third-order valence-electron chi connectivity index (χ3n) is 1.14. The average molecular weight is 127 g/mol. The molecule has 1 rings (SSSR count). The minimum absolute atomic E-state index is 0.0249. The molecule has 0 saturated carbocycles. The standard InChI is InChI=1S/C6H9NO2/c1-2-3-5-4-9-7-6(5)8/h4H,2-3H2,1H3,(H,7,8). The van der Waals surface area contributed by atoms with Crippen LogP contribution in [0.5, 0.6) is 5.88 Å². The molecule has 3 heteroatoms. The van der Waals surface area contributed by atoms with Gasteiger partial charge in [-0.2, -0.15) is 0 Å². The SMILES string of the molecule is CCCc1conc1O. The topological polar surface area (TPSA) is 46.3 Å². The number of rotatable bonds is 2. The van der Waals surface area contributed by atoms with Crippen molar-refractivity contribution in [3.63, 3.8) is 0 Å². The van der Waals surface area contributed by atoms with Gasteiger partial charge in [-0.1, -0.05) is 13.3 Å². The van der Waals surface area contributed by atoms with Gasteiger partial charge >= 0.3 is 0 Å². The van der Waals surface area contributed by atoms with Gasteiger partial charge in [-0.25, -0.2) is 0 Å². The highest BCUT2D eigenvalue weighted by molar-refractivity contribution is 5.18. The second-order valence-corrected chi connectivity index (χ2v) is 1.91. The molecule has 0 saturated heterocycles. The molecule has 0 amide bonds. The van der Waals surface area contributed by atoms with Gasteiger partial charge in [0.15, 0.2) is 0 Å². The molecule has 0 fully saturated rings. The lowest BCUT2D eigenvalue weighted by molar-refractivity contribution is 0.359. The molecule has 0 bridgehead atoms. The highest BCUT2D eigenvalue weighted by atomic mass is 16.5. The Kier molecular flexibility index (Phi) is 1.72. The van der Waals surface area contributed by atoms with Crippen molar-refractivity contribution in [3.8, 4) is 5.88 Å². The van der Waals surface area contributed by atoms with E-state index in [2.05, 4.69) is 9.68 Å². The van der Waals surface area contributed by atoms with Crippen LogP contribution in [-0.2, 0) is 6.42 Å². The van der Waals surface area contributed by atoms with Gasteiger partial charge < -0.3 is 9.63 Å². The fourth-order valence-corrected chi connectivity index (χ4v) is 0.691. The summed E-state index contributed by atoms with van der Waals surface area (Å²) in [4.78, 5) is 0. The number of hydrogen-bond donors (Lipinski definition) is 1. The highest BCUT2D eigenvalue weighted by Crippen LogP contribution is 2.14. The molecule has 1 aromatic heterocycles. The van der Waals surface area contributed by atoms with Crippen molar-refractivity contribution in [1.82, 2.24) is 5.16 Å². The third kappa shape index (κ3) is 1.22. The van der Waals surface area contributed by atoms with Crippen molar-refractivity contribution in [1.29, 1.82) is 0 Å². The van der Waals surface area contributed by atoms with E-state index in [0.717, 1.165) is 18.4 Å². The van der Waals surface area contributed by atoms with E-state index in [-0.39, 0.29) is 5.88 Å². The van der Waals surface area contributed by atoms with Gasteiger partial charge in [-0.15, -0.1) is 0 Å². The Morgan fingerprint density at radius 3 is 3.00 bits per heavy atom. The van der Waals surface area contributed by atoms with E-state index in [9.17, 15) is 0 Å². The first-order chi connectivity index (χ1) is 4.34. The molecule has 0 atom stereocenters. The molecular formula is C6H9NO2. The van der Waals surface area contributed by atoms with Crippen molar-refractivity contribution in [2.75, 3.05) is 0 Å². The van der Waals surface area contributed by atoms with Gasteiger partial charge in [0.05, 0.1) is 5.56 Å². The van der Waals surface area contributed by atoms with Gasteiger partial charge in [0.1, 0.15) is 6.26 Å². The molecule has 0 aliphatic carbocycles. The summed E-state index contributed by atoms with van der Waals surface area (Å²) < 4.78 is 4.50. The van der Waals surface area contributed by atoms with E-state index in [0.29, 0.717) is 0 Å². The Balaban J connectivity index is 2.69. The van der Waals surface area contributed by atoms with Crippen LogP contribution in [0.3, 0.4) is 0 Å². The van der Waals surface area contributed by atoms with E-state index in [1.807, 2.05) is 6.92 Å². The zero-order valence-electron chi connectivity index (χ0n) is 5.29. The molecule has 1 N–H and O–H groups in total. The Bertz CT molecular complexity index is 183. The molecule has 0 aliphatic heterocycles. The normalized spacial score (nSPS) is 9.89. The Morgan fingerprint density at radius 2 is 2.56 bits per heavy atom. The lowest BCUT2D eigenvalue weighted by atomic mass is 10.2. The lowest BCUT2D eigenvalue weighted by Gasteiger charge is -1.87. The van der Waals surface area contributed by atoms with Gasteiger partial charge in [0.2, 0.25) is 0 Å². The summed E-state index contributed by atoms with van der Waals surface area (Å²) in [5.41, 5.74) is 0.789.